The van der Waals surface area contributed by atoms with E-state index in [0.29, 0.717) is 18.3 Å². The maximum absolute atomic E-state index is 6.07. The highest BCUT2D eigenvalue weighted by Crippen LogP contribution is 2.30. The van der Waals surface area contributed by atoms with Gasteiger partial charge in [0.25, 0.3) is 0 Å². The van der Waals surface area contributed by atoms with E-state index in [-0.39, 0.29) is 0 Å². The van der Waals surface area contributed by atoms with Crippen molar-refractivity contribution in [2.24, 2.45) is 9.98 Å². The molecule has 1 heterocycles. The van der Waals surface area contributed by atoms with Gasteiger partial charge in [0.15, 0.2) is 0 Å². The number of rotatable bonds is 7. The van der Waals surface area contributed by atoms with Gasteiger partial charge in [-0.05, 0) is 36.2 Å². The van der Waals surface area contributed by atoms with Crippen LogP contribution in [0.4, 0.5) is 11.5 Å². The van der Waals surface area contributed by atoms with Gasteiger partial charge in [0, 0.05) is 36.2 Å². The molecule has 3 N–H and O–H groups in total. The van der Waals surface area contributed by atoms with Gasteiger partial charge in [-0.2, -0.15) is 0 Å². The number of hydrogen-bond donors (Lipinski definition) is 2. The summed E-state index contributed by atoms with van der Waals surface area (Å²) in [6, 6.07) is 15.6. The highest BCUT2D eigenvalue weighted by atomic mass is 16.5. The summed E-state index contributed by atoms with van der Waals surface area (Å²) in [4.78, 5) is 12.9. The molecule has 0 amide bonds. The Morgan fingerprint density at radius 3 is 2.79 bits per heavy atom. The van der Waals surface area contributed by atoms with Gasteiger partial charge < -0.3 is 15.8 Å². The molecule has 2 aromatic carbocycles. The SMILES string of the molecule is CCCN=C(C=NC)Nc1cc(COc2ccc(N)c3ccccc23)ccn1. The average molecular weight is 375 g/mol. The van der Waals surface area contributed by atoms with Crippen molar-refractivity contribution < 1.29 is 4.74 Å². The summed E-state index contributed by atoms with van der Waals surface area (Å²) in [6.07, 6.45) is 4.42. The van der Waals surface area contributed by atoms with Crippen molar-refractivity contribution in [1.29, 1.82) is 0 Å². The first-order valence-electron chi connectivity index (χ1n) is 9.30. The number of pyridine rings is 1. The molecule has 3 rings (SSSR count). The molecule has 0 spiro atoms. The van der Waals surface area contributed by atoms with E-state index >= 15 is 0 Å². The van der Waals surface area contributed by atoms with E-state index in [4.69, 9.17) is 10.5 Å². The van der Waals surface area contributed by atoms with Crippen LogP contribution in [0.25, 0.3) is 10.8 Å². The number of nitrogens with zero attached hydrogens (tertiary/aromatic N) is 3. The summed E-state index contributed by atoms with van der Waals surface area (Å²) in [7, 11) is 1.72. The lowest BCUT2D eigenvalue weighted by molar-refractivity contribution is 0.310. The molecule has 0 unspecified atom stereocenters. The Labute approximate surface area is 165 Å². The van der Waals surface area contributed by atoms with E-state index < -0.39 is 0 Å². The first-order valence-corrected chi connectivity index (χ1v) is 9.30. The van der Waals surface area contributed by atoms with Crippen LogP contribution in [0, 0.1) is 0 Å². The Morgan fingerprint density at radius 1 is 1.18 bits per heavy atom. The molecule has 28 heavy (non-hydrogen) atoms. The summed E-state index contributed by atoms with van der Waals surface area (Å²) >= 11 is 0. The number of fused-ring (bicyclic) bond motifs is 1. The highest BCUT2D eigenvalue weighted by molar-refractivity contribution is 6.34. The molecular weight excluding hydrogens is 350 g/mol. The molecule has 6 heteroatoms. The number of nitrogen functional groups attached to an aromatic ring is 1. The molecule has 144 valence electrons. The van der Waals surface area contributed by atoms with Crippen LogP contribution in [0.15, 0.2) is 64.7 Å². The van der Waals surface area contributed by atoms with Crippen molar-refractivity contribution in [3.05, 3.63) is 60.3 Å². The predicted molar refractivity (Wildman–Crippen MR) is 118 cm³/mol. The number of aromatic nitrogens is 1. The van der Waals surface area contributed by atoms with Gasteiger partial charge in [-0.15, -0.1) is 0 Å². The maximum atomic E-state index is 6.07. The monoisotopic (exact) mass is 375 g/mol. The minimum Gasteiger partial charge on any atom is -0.488 e. The molecule has 0 radical (unpaired) electrons. The second kappa shape index (κ2) is 9.50. The van der Waals surface area contributed by atoms with Crippen LogP contribution >= 0.6 is 0 Å². The first-order chi connectivity index (χ1) is 13.7. The van der Waals surface area contributed by atoms with Gasteiger partial charge in [0.1, 0.15) is 24.0 Å². The van der Waals surface area contributed by atoms with Gasteiger partial charge in [0.2, 0.25) is 0 Å². The number of nitrogens with one attached hydrogen (secondary N) is 1. The zero-order valence-corrected chi connectivity index (χ0v) is 16.2. The lowest BCUT2D eigenvalue weighted by atomic mass is 10.1. The summed E-state index contributed by atoms with van der Waals surface area (Å²) in [6.45, 7) is 3.25. The molecule has 0 aliphatic carbocycles. The second-order valence-electron chi connectivity index (χ2n) is 6.32. The minimum atomic E-state index is 0.425. The summed E-state index contributed by atoms with van der Waals surface area (Å²) < 4.78 is 6.07. The molecule has 0 atom stereocenters. The third-order valence-corrected chi connectivity index (χ3v) is 4.15. The van der Waals surface area contributed by atoms with Crippen molar-refractivity contribution in [2.45, 2.75) is 20.0 Å². The van der Waals surface area contributed by atoms with Crippen molar-refractivity contribution in [1.82, 2.24) is 4.98 Å². The number of aliphatic imine (C=N–C) groups is 2. The van der Waals surface area contributed by atoms with E-state index in [1.54, 1.807) is 19.5 Å². The van der Waals surface area contributed by atoms with Crippen LogP contribution in [0.5, 0.6) is 5.75 Å². The maximum Gasteiger partial charge on any atom is 0.144 e. The van der Waals surface area contributed by atoms with Crippen molar-refractivity contribution in [3.63, 3.8) is 0 Å². The number of anilines is 2. The fourth-order valence-corrected chi connectivity index (χ4v) is 2.81. The van der Waals surface area contributed by atoms with E-state index in [1.807, 2.05) is 48.5 Å². The largest absolute Gasteiger partial charge is 0.488 e. The van der Waals surface area contributed by atoms with Gasteiger partial charge in [0.05, 0.1) is 6.21 Å². The minimum absolute atomic E-state index is 0.425. The second-order valence-corrected chi connectivity index (χ2v) is 6.32. The van der Waals surface area contributed by atoms with Crippen LogP contribution in [-0.2, 0) is 6.61 Å². The highest BCUT2D eigenvalue weighted by Gasteiger charge is 2.06. The molecule has 3 aromatic rings. The zero-order valence-electron chi connectivity index (χ0n) is 16.2. The molecule has 0 fully saturated rings. The van der Waals surface area contributed by atoms with Crippen LogP contribution in [-0.4, -0.2) is 30.6 Å². The van der Waals surface area contributed by atoms with Crippen molar-refractivity contribution in [2.75, 3.05) is 24.6 Å². The van der Waals surface area contributed by atoms with E-state index in [2.05, 4.69) is 27.2 Å². The normalized spacial score (nSPS) is 11.9. The fourth-order valence-electron chi connectivity index (χ4n) is 2.81. The van der Waals surface area contributed by atoms with Gasteiger partial charge >= 0.3 is 0 Å². The Kier molecular flexibility index (Phi) is 6.57. The molecule has 1 aromatic heterocycles. The Hall–Kier alpha value is -3.41. The quantitative estimate of drug-likeness (QED) is 0.366. The van der Waals surface area contributed by atoms with Crippen molar-refractivity contribution in [3.8, 4) is 5.75 Å². The zero-order chi connectivity index (χ0) is 19.8. The number of amidine groups is 1. The molecule has 6 nitrogen and oxygen atoms in total. The average Bonchev–Trinajstić information content (AvgIpc) is 2.72. The van der Waals surface area contributed by atoms with Gasteiger partial charge in [-0.25, -0.2) is 4.98 Å². The predicted octanol–water partition coefficient (Wildman–Crippen LogP) is 4.32. The number of ether oxygens (including phenoxy) is 1. The van der Waals surface area contributed by atoms with E-state index in [9.17, 15) is 0 Å². The van der Waals surface area contributed by atoms with Crippen molar-refractivity contribution >= 4 is 34.3 Å². The fraction of sp³-hybridized carbons (Fsp3) is 0.227. The summed E-state index contributed by atoms with van der Waals surface area (Å²) in [5.74, 6) is 2.21. The van der Waals surface area contributed by atoms with Gasteiger partial charge in [-0.3, -0.25) is 9.98 Å². The van der Waals surface area contributed by atoms with Crippen LogP contribution in [0.1, 0.15) is 18.9 Å². The van der Waals surface area contributed by atoms with Crippen LogP contribution in [0.3, 0.4) is 0 Å². The summed E-state index contributed by atoms with van der Waals surface area (Å²) in [5, 5.41) is 5.20. The summed E-state index contributed by atoms with van der Waals surface area (Å²) in [5.41, 5.74) is 7.81. The first kappa shape index (κ1) is 19.4. The molecular formula is C22H25N5O. The van der Waals surface area contributed by atoms with E-state index in [1.165, 1.54) is 0 Å². The topological polar surface area (TPSA) is 84.9 Å². The van der Waals surface area contributed by atoms with E-state index in [0.717, 1.165) is 40.7 Å². The third-order valence-electron chi connectivity index (χ3n) is 4.15. The molecule has 0 saturated carbocycles. The smallest absolute Gasteiger partial charge is 0.144 e. The number of nitrogens with two attached hydrogens (primary N) is 1. The van der Waals surface area contributed by atoms with Crippen LogP contribution < -0.4 is 15.8 Å². The number of benzene rings is 2. The number of hydrogen-bond acceptors (Lipinski definition) is 5. The third kappa shape index (κ3) is 4.85. The van der Waals surface area contributed by atoms with Gasteiger partial charge in [-0.1, -0.05) is 31.2 Å². The Morgan fingerprint density at radius 2 is 2.00 bits per heavy atom. The lowest BCUT2D eigenvalue weighted by Gasteiger charge is -2.12. The molecule has 0 saturated heterocycles. The Bertz CT molecular complexity index is 997. The molecule has 0 bridgehead atoms. The Balaban J connectivity index is 1.74. The molecule has 0 aliphatic heterocycles. The lowest BCUT2D eigenvalue weighted by Crippen LogP contribution is -2.15. The van der Waals surface area contributed by atoms with Crippen LogP contribution in [0.2, 0.25) is 0 Å². The standard InChI is InChI=1S/C22H25N5O/c1-3-11-25-22(14-24-2)27-21-13-16(10-12-26-21)15-28-20-9-8-19(23)17-6-4-5-7-18(17)20/h4-10,12-14H,3,11,15,23H2,1-2H3,(H,25,26,27). The molecule has 0 aliphatic rings.